The van der Waals surface area contributed by atoms with Crippen molar-refractivity contribution in [3.05, 3.63) is 41.0 Å². The Morgan fingerprint density at radius 1 is 1.47 bits per heavy atom. The molecular weight excluding hydrogens is 208 g/mol. The summed E-state index contributed by atoms with van der Waals surface area (Å²) in [4.78, 5) is 16.2. The average Bonchev–Trinajstić information content (AvgIpc) is 2.70. The lowest BCUT2D eigenvalue weighted by Crippen LogP contribution is -2.12. The topological polar surface area (TPSA) is 56.0 Å². The van der Waals surface area contributed by atoms with Gasteiger partial charge in [0.15, 0.2) is 0 Å². The van der Waals surface area contributed by atoms with Crippen molar-refractivity contribution in [1.29, 1.82) is 0 Å². The van der Waals surface area contributed by atoms with Crippen molar-refractivity contribution in [3.8, 4) is 10.4 Å². The van der Waals surface area contributed by atoms with Gasteiger partial charge in [0.25, 0.3) is 0 Å². The fourth-order valence-electron chi connectivity index (χ4n) is 1.52. The summed E-state index contributed by atoms with van der Waals surface area (Å²) < 4.78 is 0. The summed E-state index contributed by atoms with van der Waals surface area (Å²) in [5.74, 6) is -0.390. The Kier molecular flexibility index (Phi) is 2.51. The SMILES string of the molecule is Cc1c(C(N)=O)cccc1-c1cncs1. The van der Waals surface area contributed by atoms with Crippen LogP contribution in [0.2, 0.25) is 0 Å². The summed E-state index contributed by atoms with van der Waals surface area (Å²) in [6.07, 6.45) is 1.79. The van der Waals surface area contributed by atoms with E-state index in [-0.39, 0.29) is 5.91 Å². The number of benzene rings is 1. The number of rotatable bonds is 2. The fraction of sp³-hybridized carbons (Fsp3) is 0.0909. The van der Waals surface area contributed by atoms with E-state index in [1.54, 1.807) is 29.1 Å². The van der Waals surface area contributed by atoms with Crippen molar-refractivity contribution in [2.45, 2.75) is 6.92 Å². The number of nitrogens with two attached hydrogens (primary N) is 1. The summed E-state index contributed by atoms with van der Waals surface area (Å²) in [5, 5.41) is 0. The van der Waals surface area contributed by atoms with E-state index in [0.717, 1.165) is 16.0 Å². The second-order valence-corrected chi connectivity index (χ2v) is 4.09. The first-order chi connectivity index (χ1) is 7.20. The van der Waals surface area contributed by atoms with E-state index in [4.69, 9.17) is 5.73 Å². The molecular formula is C11H10N2OS. The number of carbonyl (C=O) groups is 1. The molecule has 1 aromatic carbocycles. The molecule has 0 unspecified atom stereocenters. The fourth-order valence-corrected chi connectivity index (χ4v) is 2.22. The third-order valence-electron chi connectivity index (χ3n) is 2.30. The van der Waals surface area contributed by atoms with E-state index in [1.807, 2.05) is 19.1 Å². The van der Waals surface area contributed by atoms with Crippen LogP contribution in [0.1, 0.15) is 15.9 Å². The molecule has 3 nitrogen and oxygen atoms in total. The van der Waals surface area contributed by atoms with Gasteiger partial charge in [0.2, 0.25) is 5.91 Å². The summed E-state index contributed by atoms with van der Waals surface area (Å²) in [6.45, 7) is 1.90. The van der Waals surface area contributed by atoms with E-state index in [2.05, 4.69) is 4.98 Å². The van der Waals surface area contributed by atoms with Crippen LogP contribution >= 0.6 is 11.3 Å². The predicted octanol–water partition coefficient (Wildman–Crippen LogP) is 2.22. The maximum absolute atomic E-state index is 11.2. The molecule has 15 heavy (non-hydrogen) atoms. The lowest BCUT2D eigenvalue weighted by molar-refractivity contribution is 0.1000. The monoisotopic (exact) mass is 218 g/mol. The minimum absolute atomic E-state index is 0.390. The van der Waals surface area contributed by atoms with Crippen LogP contribution in [0.3, 0.4) is 0 Å². The van der Waals surface area contributed by atoms with Gasteiger partial charge in [-0.25, -0.2) is 0 Å². The number of primary amides is 1. The van der Waals surface area contributed by atoms with Gasteiger partial charge >= 0.3 is 0 Å². The van der Waals surface area contributed by atoms with Crippen molar-refractivity contribution >= 4 is 17.2 Å². The van der Waals surface area contributed by atoms with Gasteiger partial charge in [-0.2, -0.15) is 0 Å². The molecule has 76 valence electrons. The number of hydrogen-bond acceptors (Lipinski definition) is 3. The molecule has 0 saturated heterocycles. The zero-order chi connectivity index (χ0) is 10.8. The van der Waals surface area contributed by atoms with Crippen LogP contribution in [0.5, 0.6) is 0 Å². The molecule has 0 aliphatic rings. The molecule has 1 heterocycles. The van der Waals surface area contributed by atoms with E-state index in [1.165, 1.54) is 0 Å². The molecule has 0 bridgehead atoms. The van der Waals surface area contributed by atoms with Crippen molar-refractivity contribution in [1.82, 2.24) is 4.98 Å². The Bertz CT molecular complexity index is 491. The first kappa shape index (κ1) is 9.86. The molecule has 2 N–H and O–H groups in total. The Balaban J connectivity index is 2.59. The van der Waals surface area contributed by atoms with Crippen LogP contribution in [0, 0.1) is 6.92 Å². The zero-order valence-electron chi connectivity index (χ0n) is 8.23. The van der Waals surface area contributed by atoms with Crippen LogP contribution in [0.15, 0.2) is 29.9 Å². The maximum atomic E-state index is 11.2. The first-order valence-corrected chi connectivity index (χ1v) is 5.36. The van der Waals surface area contributed by atoms with E-state index >= 15 is 0 Å². The minimum Gasteiger partial charge on any atom is -0.366 e. The van der Waals surface area contributed by atoms with E-state index in [0.29, 0.717) is 5.56 Å². The zero-order valence-corrected chi connectivity index (χ0v) is 9.04. The minimum atomic E-state index is -0.390. The Labute approximate surface area is 91.6 Å². The second kappa shape index (κ2) is 3.82. The second-order valence-electron chi connectivity index (χ2n) is 3.21. The van der Waals surface area contributed by atoms with Crippen molar-refractivity contribution in [2.24, 2.45) is 5.73 Å². The van der Waals surface area contributed by atoms with Gasteiger partial charge < -0.3 is 5.73 Å². The first-order valence-electron chi connectivity index (χ1n) is 4.48. The third kappa shape index (κ3) is 1.76. The Morgan fingerprint density at radius 2 is 2.27 bits per heavy atom. The molecule has 0 atom stereocenters. The number of amides is 1. The summed E-state index contributed by atoms with van der Waals surface area (Å²) in [5.41, 5.74) is 9.56. The smallest absolute Gasteiger partial charge is 0.248 e. The van der Waals surface area contributed by atoms with Gasteiger partial charge in [0.1, 0.15) is 0 Å². The number of nitrogens with zero attached hydrogens (tertiary/aromatic N) is 1. The predicted molar refractivity (Wildman–Crippen MR) is 60.8 cm³/mol. The molecule has 0 fully saturated rings. The summed E-state index contributed by atoms with van der Waals surface area (Å²) in [6, 6.07) is 5.54. The number of hydrogen-bond donors (Lipinski definition) is 1. The Morgan fingerprint density at radius 3 is 2.87 bits per heavy atom. The van der Waals surface area contributed by atoms with Crippen LogP contribution < -0.4 is 5.73 Å². The van der Waals surface area contributed by atoms with Crippen LogP contribution in [0.4, 0.5) is 0 Å². The highest BCUT2D eigenvalue weighted by Crippen LogP contribution is 2.28. The highest BCUT2D eigenvalue weighted by molar-refractivity contribution is 7.13. The van der Waals surface area contributed by atoms with E-state index in [9.17, 15) is 4.79 Å². The van der Waals surface area contributed by atoms with Crippen LogP contribution in [-0.2, 0) is 0 Å². The van der Waals surface area contributed by atoms with Gasteiger partial charge in [0.05, 0.1) is 10.4 Å². The molecule has 0 aliphatic carbocycles. The number of thiazole rings is 1. The molecule has 0 spiro atoms. The van der Waals surface area contributed by atoms with E-state index < -0.39 is 0 Å². The van der Waals surface area contributed by atoms with Crippen molar-refractivity contribution in [3.63, 3.8) is 0 Å². The van der Waals surface area contributed by atoms with Gasteiger partial charge in [0, 0.05) is 11.8 Å². The maximum Gasteiger partial charge on any atom is 0.248 e. The molecule has 2 rings (SSSR count). The van der Waals surface area contributed by atoms with Gasteiger partial charge in [-0.3, -0.25) is 9.78 Å². The highest BCUT2D eigenvalue weighted by Gasteiger charge is 2.10. The van der Waals surface area contributed by atoms with Crippen LogP contribution in [-0.4, -0.2) is 10.9 Å². The van der Waals surface area contributed by atoms with Gasteiger partial charge in [-0.15, -0.1) is 11.3 Å². The van der Waals surface area contributed by atoms with Crippen molar-refractivity contribution in [2.75, 3.05) is 0 Å². The average molecular weight is 218 g/mol. The molecule has 1 amide bonds. The number of carbonyl (C=O) groups excluding carboxylic acids is 1. The Hall–Kier alpha value is -1.68. The molecule has 0 aliphatic heterocycles. The third-order valence-corrected chi connectivity index (χ3v) is 3.10. The van der Waals surface area contributed by atoms with Gasteiger partial charge in [-0.05, 0) is 24.1 Å². The number of aromatic nitrogens is 1. The lowest BCUT2D eigenvalue weighted by Gasteiger charge is -2.06. The molecule has 0 saturated carbocycles. The van der Waals surface area contributed by atoms with Crippen molar-refractivity contribution < 1.29 is 4.79 Å². The summed E-state index contributed by atoms with van der Waals surface area (Å²) in [7, 11) is 0. The highest BCUT2D eigenvalue weighted by atomic mass is 32.1. The quantitative estimate of drug-likeness (QED) is 0.840. The molecule has 1 aromatic heterocycles. The molecule has 4 heteroatoms. The standard InChI is InChI=1S/C11H10N2OS/c1-7-8(10-5-13-6-15-10)3-2-4-9(7)11(12)14/h2-6H,1H3,(H2,12,14). The molecule has 0 radical (unpaired) electrons. The molecule has 2 aromatic rings. The largest absolute Gasteiger partial charge is 0.366 e. The lowest BCUT2D eigenvalue weighted by atomic mass is 10.0. The van der Waals surface area contributed by atoms with Gasteiger partial charge in [-0.1, -0.05) is 12.1 Å². The van der Waals surface area contributed by atoms with Crippen LogP contribution in [0.25, 0.3) is 10.4 Å². The summed E-state index contributed by atoms with van der Waals surface area (Å²) >= 11 is 1.55. The normalized spacial score (nSPS) is 10.2.